The van der Waals surface area contributed by atoms with Crippen LogP contribution < -0.4 is 15.4 Å². The lowest BCUT2D eigenvalue weighted by atomic mass is 10.1. The van der Waals surface area contributed by atoms with Crippen LogP contribution in [0.15, 0.2) is 24.3 Å². The van der Waals surface area contributed by atoms with Crippen molar-refractivity contribution < 1.29 is 9.53 Å². The van der Waals surface area contributed by atoms with Crippen LogP contribution in [0.2, 0.25) is 0 Å². The summed E-state index contributed by atoms with van der Waals surface area (Å²) in [4.78, 5) is 12.0. The lowest BCUT2D eigenvalue weighted by molar-refractivity contribution is -0.117. The average molecular weight is 331 g/mol. The molecule has 1 aromatic rings. The van der Waals surface area contributed by atoms with Crippen LogP contribution in [0.25, 0.3) is 0 Å². The number of carbonyl (C=O) groups is 1. The highest BCUT2D eigenvalue weighted by Gasteiger charge is 2.22. The highest BCUT2D eigenvalue weighted by Crippen LogP contribution is 2.19. The van der Waals surface area contributed by atoms with E-state index in [1.807, 2.05) is 24.3 Å². The van der Waals surface area contributed by atoms with Gasteiger partial charge in [0.15, 0.2) is 0 Å². The van der Waals surface area contributed by atoms with Crippen molar-refractivity contribution in [2.45, 2.75) is 26.3 Å². The van der Waals surface area contributed by atoms with Gasteiger partial charge in [-0.25, -0.2) is 0 Å². The first-order valence-corrected chi connectivity index (χ1v) is 8.15. The molecule has 0 aliphatic carbocycles. The van der Waals surface area contributed by atoms with Gasteiger partial charge >= 0.3 is 0 Å². The van der Waals surface area contributed by atoms with E-state index in [9.17, 15) is 4.79 Å². The van der Waals surface area contributed by atoms with Crippen LogP contribution >= 0.6 is 24.2 Å². The van der Waals surface area contributed by atoms with Gasteiger partial charge in [0.05, 0.1) is 12.6 Å². The van der Waals surface area contributed by atoms with Crippen LogP contribution in [0.3, 0.4) is 0 Å². The Bertz CT molecular complexity index is 451. The lowest BCUT2D eigenvalue weighted by Crippen LogP contribution is -2.37. The monoisotopic (exact) mass is 330 g/mol. The number of benzene rings is 1. The number of hydrogen-bond acceptors (Lipinski definition) is 4. The molecule has 1 aliphatic heterocycles. The Balaban J connectivity index is 0.00000220. The van der Waals surface area contributed by atoms with Gasteiger partial charge in [-0.05, 0) is 24.5 Å². The van der Waals surface area contributed by atoms with E-state index in [1.165, 1.54) is 0 Å². The molecule has 1 amide bonds. The number of thioether (sulfide) groups is 1. The predicted molar refractivity (Wildman–Crippen MR) is 91.5 cm³/mol. The van der Waals surface area contributed by atoms with Crippen molar-refractivity contribution in [3.63, 3.8) is 0 Å². The predicted octanol–water partition coefficient (Wildman–Crippen LogP) is 3.13. The number of ether oxygens (including phenoxy) is 1. The number of halogens is 1. The van der Waals surface area contributed by atoms with Crippen LogP contribution in [0.5, 0.6) is 5.75 Å². The summed E-state index contributed by atoms with van der Waals surface area (Å²) in [5, 5.41) is 6.09. The third kappa shape index (κ3) is 6.16. The molecule has 1 unspecified atom stereocenters. The minimum absolute atomic E-state index is 0. The molecule has 0 spiro atoms. The van der Waals surface area contributed by atoms with Crippen molar-refractivity contribution in [1.29, 1.82) is 0 Å². The van der Waals surface area contributed by atoms with Crippen LogP contribution in [0.1, 0.15) is 20.3 Å². The van der Waals surface area contributed by atoms with Crippen molar-refractivity contribution in [3.05, 3.63) is 24.3 Å². The fourth-order valence-electron chi connectivity index (χ4n) is 1.87. The van der Waals surface area contributed by atoms with Crippen molar-refractivity contribution >= 4 is 35.8 Å². The van der Waals surface area contributed by atoms with E-state index in [-0.39, 0.29) is 24.4 Å². The first-order chi connectivity index (χ1) is 9.65. The fraction of sp³-hybridized carbons (Fsp3) is 0.533. The maximum atomic E-state index is 12.0. The molecule has 21 heavy (non-hydrogen) atoms. The highest BCUT2D eigenvalue weighted by atomic mass is 35.5. The Morgan fingerprint density at radius 2 is 2.33 bits per heavy atom. The molecule has 118 valence electrons. The topological polar surface area (TPSA) is 50.4 Å². The van der Waals surface area contributed by atoms with E-state index in [0.717, 1.165) is 29.5 Å². The molecule has 6 heteroatoms. The minimum atomic E-state index is -0.0921. The van der Waals surface area contributed by atoms with Crippen molar-refractivity contribution in [3.8, 4) is 5.75 Å². The molecule has 0 bridgehead atoms. The number of hydrogen-bond donors (Lipinski definition) is 2. The number of anilines is 1. The molecule has 1 fully saturated rings. The summed E-state index contributed by atoms with van der Waals surface area (Å²) in [5.74, 6) is 3.13. The van der Waals surface area contributed by atoms with Crippen LogP contribution in [0.4, 0.5) is 5.69 Å². The maximum Gasteiger partial charge on any atom is 0.242 e. The molecule has 1 atom stereocenters. The molecule has 0 saturated carbocycles. The molecule has 1 heterocycles. The van der Waals surface area contributed by atoms with Gasteiger partial charge in [0.2, 0.25) is 5.91 Å². The van der Waals surface area contributed by atoms with Crippen LogP contribution in [0, 0.1) is 5.92 Å². The SMILES string of the molecule is CC(C)CCOc1cccc(NC(=O)C2CSCN2)c1.Cl. The number of nitrogens with one attached hydrogen (secondary N) is 2. The second kappa shape index (κ2) is 9.18. The van der Waals surface area contributed by atoms with E-state index < -0.39 is 0 Å². The Kier molecular flexibility index (Phi) is 7.93. The summed E-state index contributed by atoms with van der Waals surface area (Å²) in [6.07, 6.45) is 1.03. The summed E-state index contributed by atoms with van der Waals surface area (Å²) >= 11 is 1.74. The normalized spacial score (nSPS) is 17.4. The first-order valence-electron chi connectivity index (χ1n) is 7.00. The summed E-state index contributed by atoms with van der Waals surface area (Å²) in [5.41, 5.74) is 0.788. The number of rotatable bonds is 6. The Hall–Kier alpha value is -0.910. The van der Waals surface area contributed by atoms with Crippen LogP contribution in [-0.2, 0) is 4.79 Å². The molecule has 0 aromatic heterocycles. The van der Waals surface area contributed by atoms with E-state index in [2.05, 4.69) is 24.5 Å². The second-order valence-electron chi connectivity index (χ2n) is 5.32. The fourth-order valence-corrected chi connectivity index (χ4v) is 2.81. The lowest BCUT2D eigenvalue weighted by Gasteiger charge is -2.12. The van der Waals surface area contributed by atoms with E-state index >= 15 is 0 Å². The molecule has 2 rings (SSSR count). The van der Waals surface area contributed by atoms with Gasteiger partial charge in [0, 0.05) is 23.4 Å². The molecular weight excluding hydrogens is 308 g/mol. The number of carbonyl (C=O) groups excluding carboxylic acids is 1. The summed E-state index contributed by atoms with van der Waals surface area (Å²) < 4.78 is 5.69. The van der Waals surface area contributed by atoms with Gasteiger partial charge in [-0.2, -0.15) is 0 Å². The largest absolute Gasteiger partial charge is 0.494 e. The molecule has 1 aromatic carbocycles. The summed E-state index contributed by atoms with van der Waals surface area (Å²) in [6.45, 7) is 5.05. The smallest absolute Gasteiger partial charge is 0.242 e. The first kappa shape index (κ1) is 18.1. The second-order valence-corrected chi connectivity index (χ2v) is 6.35. The Morgan fingerprint density at radius 1 is 1.52 bits per heavy atom. The van der Waals surface area contributed by atoms with Gasteiger partial charge < -0.3 is 10.1 Å². The zero-order valence-corrected chi connectivity index (χ0v) is 14.1. The molecule has 4 nitrogen and oxygen atoms in total. The van der Waals surface area contributed by atoms with E-state index in [4.69, 9.17) is 4.74 Å². The Labute approximate surface area is 136 Å². The molecular formula is C15H23ClN2O2S. The quantitative estimate of drug-likeness (QED) is 0.841. The van der Waals surface area contributed by atoms with Gasteiger partial charge in [-0.15, -0.1) is 24.2 Å². The third-order valence-corrected chi connectivity index (χ3v) is 4.04. The standard InChI is InChI=1S/C15H22N2O2S.ClH/c1-11(2)6-7-19-13-5-3-4-12(8-13)17-15(18)14-9-20-10-16-14;/h3-5,8,11,14,16H,6-7,9-10H2,1-2H3,(H,17,18);1H. The van der Waals surface area contributed by atoms with E-state index in [0.29, 0.717) is 12.5 Å². The van der Waals surface area contributed by atoms with Crippen molar-refractivity contribution in [2.24, 2.45) is 5.92 Å². The van der Waals surface area contributed by atoms with Gasteiger partial charge in [-0.1, -0.05) is 19.9 Å². The highest BCUT2D eigenvalue weighted by molar-refractivity contribution is 7.99. The van der Waals surface area contributed by atoms with Gasteiger partial charge in [0.25, 0.3) is 0 Å². The minimum Gasteiger partial charge on any atom is -0.494 e. The molecule has 1 aliphatic rings. The zero-order valence-electron chi connectivity index (χ0n) is 12.4. The van der Waals surface area contributed by atoms with Crippen LogP contribution in [-0.4, -0.2) is 30.2 Å². The van der Waals surface area contributed by atoms with Gasteiger partial charge in [-0.3, -0.25) is 10.1 Å². The van der Waals surface area contributed by atoms with Crippen molar-refractivity contribution in [1.82, 2.24) is 5.32 Å². The number of amides is 1. The summed E-state index contributed by atoms with van der Waals surface area (Å²) in [6, 6.07) is 7.48. The summed E-state index contributed by atoms with van der Waals surface area (Å²) in [7, 11) is 0. The average Bonchev–Trinajstić information content (AvgIpc) is 2.92. The molecule has 1 saturated heterocycles. The molecule has 2 N–H and O–H groups in total. The molecule has 0 radical (unpaired) electrons. The third-order valence-electron chi connectivity index (χ3n) is 3.10. The zero-order chi connectivity index (χ0) is 14.4. The Morgan fingerprint density at radius 3 is 3.00 bits per heavy atom. The maximum absolute atomic E-state index is 12.0. The van der Waals surface area contributed by atoms with Crippen molar-refractivity contribution in [2.75, 3.05) is 23.6 Å². The van der Waals surface area contributed by atoms with Gasteiger partial charge in [0.1, 0.15) is 5.75 Å². The van der Waals surface area contributed by atoms with E-state index in [1.54, 1.807) is 11.8 Å².